The lowest BCUT2D eigenvalue weighted by molar-refractivity contribution is -0.130. The normalized spacial score (nSPS) is 22.7. The Bertz CT molecular complexity index is 471. The van der Waals surface area contributed by atoms with Gasteiger partial charge in [-0.3, -0.25) is 4.79 Å². The Morgan fingerprint density at radius 1 is 1.23 bits per heavy atom. The second-order valence-electron chi connectivity index (χ2n) is 6.58. The first-order valence-electron chi connectivity index (χ1n) is 8.67. The van der Waals surface area contributed by atoms with Gasteiger partial charge in [0, 0.05) is 31.6 Å². The standard InChI is InChI=1S/C18H26N2O2/c21-18(10-9-15-6-2-1-3-7-15)20-13-11-16(14-20)22-17-8-4-5-12-19-17/h4-5,8,12,15-16H,1-3,6-7,9-11,13-14H2. The number of aromatic nitrogens is 1. The summed E-state index contributed by atoms with van der Waals surface area (Å²) in [5.74, 6) is 1.74. The van der Waals surface area contributed by atoms with Gasteiger partial charge in [0.05, 0.1) is 6.54 Å². The third-order valence-electron chi connectivity index (χ3n) is 4.91. The van der Waals surface area contributed by atoms with E-state index in [4.69, 9.17) is 4.74 Å². The Labute approximate surface area is 132 Å². The molecular weight excluding hydrogens is 276 g/mol. The van der Waals surface area contributed by atoms with E-state index in [-0.39, 0.29) is 6.10 Å². The molecule has 1 unspecified atom stereocenters. The molecule has 2 aliphatic rings. The maximum absolute atomic E-state index is 12.3. The smallest absolute Gasteiger partial charge is 0.222 e. The van der Waals surface area contributed by atoms with Crippen LogP contribution in [0, 0.1) is 5.92 Å². The van der Waals surface area contributed by atoms with Crippen molar-refractivity contribution in [3.05, 3.63) is 24.4 Å². The Morgan fingerprint density at radius 3 is 2.86 bits per heavy atom. The van der Waals surface area contributed by atoms with Gasteiger partial charge in [-0.1, -0.05) is 38.2 Å². The molecule has 1 saturated carbocycles. The van der Waals surface area contributed by atoms with Gasteiger partial charge in [-0.15, -0.1) is 0 Å². The molecule has 0 bridgehead atoms. The maximum atomic E-state index is 12.3. The van der Waals surface area contributed by atoms with Crippen LogP contribution in [0.15, 0.2) is 24.4 Å². The number of amides is 1. The first kappa shape index (κ1) is 15.3. The summed E-state index contributed by atoms with van der Waals surface area (Å²) in [6.45, 7) is 1.53. The van der Waals surface area contributed by atoms with Gasteiger partial charge in [0.15, 0.2) is 0 Å². The average Bonchev–Trinajstić information content (AvgIpc) is 3.03. The summed E-state index contributed by atoms with van der Waals surface area (Å²) in [6.07, 6.45) is 11.2. The second-order valence-corrected chi connectivity index (χ2v) is 6.58. The number of hydrogen-bond donors (Lipinski definition) is 0. The van der Waals surface area contributed by atoms with Gasteiger partial charge in [-0.2, -0.15) is 0 Å². The van der Waals surface area contributed by atoms with Crippen molar-refractivity contribution in [2.45, 2.75) is 57.5 Å². The van der Waals surface area contributed by atoms with Crippen LogP contribution >= 0.6 is 0 Å². The summed E-state index contributed by atoms with van der Waals surface area (Å²) >= 11 is 0. The molecule has 2 heterocycles. The molecule has 1 aromatic rings. The number of nitrogens with zero attached hydrogens (tertiary/aromatic N) is 2. The van der Waals surface area contributed by atoms with E-state index in [0.717, 1.165) is 25.3 Å². The van der Waals surface area contributed by atoms with Crippen molar-refractivity contribution in [1.29, 1.82) is 0 Å². The Hall–Kier alpha value is -1.58. The molecule has 2 fully saturated rings. The van der Waals surface area contributed by atoms with Crippen molar-refractivity contribution in [3.63, 3.8) is 0 Å². The van der Waals surface area contributed by atoms with Crippen LogP contribution in [0.4, 0.5) is 0 Å². The maximum Gasteiger partial charge on any atom is 0.222 e. The van der Waals surface area contributed by atoms with Crippen LogP contribution in [0.25, 0.3) is 0 Å². The van der Waals surface area contributed by atoms with Gasteiger partial charge in [0.1, 0.15) is 6.10 Å². The van der Waals surface area contributed by atoms with Gasteiger partial charge >= 0.3 is 0 Å². The van der Waals surface area contributed by atoms with Gasteiger partial charge in [0.2, 0.25) is 11.8 Å². The molecule has 4 heteroatoms. The minimum Gasteiger partial charge on any atom is -0.472 e. The van der Waals surface area contributed by atoms with Crippen molar-refractivity contribution in [2.75, 3.05) is 13.1 Å². The van der Waals surface area contributed by atoms with Gasteiger partial charge in [0.25, 0.3) is 0 Å². The molecule has 22 heavy (non-hydrogen) atoms. The number of rotatable bonds is 5. The highest BCUT2D eigenvalue weighted by atomic mass is 16.5. The molecule has 1 aliphatic heterocycles. The lowest BCUT2D eigenvalue weighted by atomic mass is 9.86. The lowest BCUT2D eigenvalue weighted by Crippen LogP contribution is -2.31. The van der Waals surface area contributed by atoms with Crippen LogP contribution in [0.1, 0.15) is 51.4 Å². The van der Waals surface area contributed by atoms with Crippen molar-refractivity contribution in [3.8, 4) is 5.88 Å². The van der Waals surface area contributed by atoms with E-state index in [1.54, 1.807) is 6.20 Å². The fourth-order valence-electron chi connectivity index (χ4n) is 3.60. The first-order valence-corrected chi connectivity index (χ1v) is 8.67. The second kappa shape index (κ2) is 7.61. The van der Waals surface area contributed by atoms with E-state index in [1.807, 2.05) is 23.1 Å². The summed E-state index contributed by atoms with van der Waals surface area (Å²) < 4.78 is 5.85. The fourth-order valence-corrected chi connectivity index (χ4v) is 3.60. The molecule has 0 radical (unpaired) electrons. The monoisotopic (exact) mass is 302 g/mol. The fraction of sp³-hybridized carbons (Fsp3) is 0.667. The van der Waals surface area contributed by atoms with Gasteiger partial charge in [-0.25, -0.2) is 4.98 Å². The number of ether oxygens (including phenoxy) is 1. The highest BCUT2D eigenvalue weighted by molar-refractivity contribution is 5.76. The lowest BCUT2D eigenvalue weighted by Gasteiger charge is -2.22. The molecule has 0 aromatic carbocycles. The average molecular weight is 302 g/mol. The summed E-state index contributed by atoms with van der Waals surface area (Å²) in [5, 5.41) is 0. The quantitative estimate of drug-likeness (QED) is 0.837. The Balaban J connectivity index is 1.40. The molecule has 1 aromatic heterocycles. The number of carbonyl (C=O) groups excluding carboxylic acids is 1. The topological polar surface area (TPSA) is 42.4 Å². The van der Waals surface area contributed by atoms with Crippen LogP contribution in [-0.4, -0.2) is 35.0 Å². The van der Waals surface area contributed by atoms with Crippen LogP contribution in [-0.2, 0) is 4.79 Å². The van der Waals surface area contributed by atoms with E-state index in [2.05, 4.69) is 4.98 Å². The highest BCUT2D eigenvalue weighted by Gasteiger charge is 2.28. The minimum atomic E-state index is 0.0912. The number of likely N-dealkylation sites (tertiary alicyclic amines) is 1. The highest BCUT2D eigenvalue weighted by Crippen LogP contribution is 2.28. The zero-order valence-electron chi connectivity index (χ0n) is 13.2. The van der Waals surface area contributed by atoms with Crippen molar-refractivity contribution in [2.24, 2.45) is 5.92 Å². The number of hydrogen-bond acceptors (Lipinski definition) is 3. The van der Waals surface area contributed by atoms with Crippen molar-refractivity contribution < 1.29 is 9.53 Å². The summed E-state index contributed by atoms with van der Waals surface area (Å²) in [7, 11) is 0. The molecule has 0 N–H and O–H groups in total. The molecule has 1 aliphatic carbocycles. The summed E-state index contributed by atoms with van der Waals surface area (Å²) in [5.41, 5.74) is 0. The van der Waals surface area contributed by atoms with Crippen LogP contribution < -0.4 is 4.74 Å². The van der Waals surface area contributed by atoms with Gasteiger partial charge in [-0.05, 0) is 18.4 Å². The molecule has 1 atom stereocenters. The Morgan fingerprint density at radius 2 is 2.09 bits per heavy atom. The third-order valence-corrected chi connectivity index (χ3v) is 4.91. The van der Waals surface area contributed by atoms with E-state index >= 15 is 0 Å². The minimum absolute atomic E-state index is 0.0912. The molecule has 0 spiro atoms. The van der Waals surface area contributed by atoms with E-state index in [1.165, 1.54) is 32.1 Å². The molecule has 1 amide bonds. The predicted octanol–water partition coefficient (Wildman–Crippen LogP) is 3.42. The largest absolute Gasteiger partial charge is 0.472 e. The number of pyridine rings is 1. The van der Waals surface area contributed by atoms with Gasteiger partial charge < -0.3 is 9.64 Å². The molecule has 4 nitrogen and oxygen atoms in total. The zero-order chi connectivity index (χ0) is 15.2. The van der Waals surface area contributed by atoms with E-state index in [9.17, 15) is 4.79 Å². The first-order chi connectivity index (χ1) is 10.8. The molecule has 3 rings (SSSR count). The van der Waals surface area contributed by atoms with Crippen molar-refractivity contribution in [1.82, 2.24) is 9.88 Å². The summed E-state index contributed by atoms with van der Waals surface area (Å²) in [6, 6.07) is 5.67. The molecular formula is C18H26N2O2. The van der Waals surface area contributed by atoms with E-state index in [0.29, 0.717) is 24.8 Å². The van der Waals surface area contributed by atoms with Crippen LogP contribution in [0.2, 0.25) is 0 Å². The Kier molecular flexibility index (Phi) is 5.30. The SMILES string of the molecule is O=C(CCC1CCCCC1)N1CCC(Oc2ccccn2)C1. The van der Waals surface area contributed by atoms with E-state index < -0.39 is 0 Å². The van der Waals surface area contributed by atoms with Crippen molar-refractivity contribution >= 4 is 5.91 Å². The van der Waals surface area contributed by atoms with Crippen LogP contribution in [0.3, 0.4) is 0 Å². The number of carbonyl (C=O) groups is 1. The molecule has 1 saturated heterocycles. The summed E-state index contributed by atoms with van der Waals surface area (Å²) in [4.78, 5) is 18.5. The third kappa shape index (κ3) is 4.21. The zero-order valence-corrected chi connectivity index (χ0v) is 13.2. The van der Waals surface area contributed by atoms with Crippen LogP contribution in [0.5, 0.6) is 5.88 Å². The predicted molar refractivity (Wildman–Crippen MR) is 85.7 cm³/mol. The molecule has 120 valence electrons.